The van der Waals surface area contributed by atoms with Crippen LogP contribution in [0.4, 0.5) is 0 Å². The first-order valence-electron chi connectivity index (χ1n) is 8.86. The maximum Gasteiger partial charge on any atom is 0.253 e. The number of carbonyl (C=O) groups excluding carboxylic acids is 1. The summed E-state index contributed by atoms with van der Waals surface area (Å²) in [5.41, 5.74) is 2.09. The van der Waals surface area contributed by atoms with Gasteiger partial charge in [-0.1, -0.05) is 48.5 Å². The van der Waals surface area contributed by atoms with Crippen LogP contribution in [0.5, 0.6) is 0 Å². The molecule has 2 saturated heterocycles. The van der Waals surface area contributed by atoms with Crippen molar-refractivity contribution < 1.29 is 9.53 Å². The van der Waals surface area contributed by atoms with Crippen LogP contribution in [-0.2, 0) is 4.74 Å². The SMILES string of the molecule is O=C(c1ccccc1)N1CCC(C[C@@H]2O[C@H]2c2ccccc2)CC1. The Balaban J connectivity index is 1.26. The molecule has 0 radical (unpaired) electrons. The summed E-state index contributed by atoms with van der Waals surface area (Å²) >= 11 is 0. The second-order valence-corrected chi connectivity index (χ2v) is 6.84. The molecular weight excluding hydrogens is 298 g/mol. The summed E-state index contributed by atoms with van der Waals surface area (Å²) in [6.45, 7) is 1.72. The molecule has 2 atom stereocenters. The molecule has 4 rings (SSSR count). The van der Waals surface area contributed by atoms with E-state index in [1.807, 2.05) is 41.3 Å². The van der Waals surface area contributed by atoms with Crippen LogP contribution in [0.1, 0.15) is 41.3 Å². The van der Waals surface area contributed by atoms with E-state index in [4.69, 9.17) is 4.74 Å². The topological polar surface area (TPSA) is 32.8 Å². The Morgan fingerprint density at radius 1 is 0.958 bits per heavy atom. The Kier molecular flexibility index (Phi) is 4.35. The minimum absolute atomic E-state index is 0.166. The summed E-state index contributed by atoms with van der Waals surface area (Å²) < 4.78 is 5.87. The number of carbonyl (C=O) groups is 1. The number of epoxide rings is 1. The fraction of sp³-hybridized carbons (Fsp3) is 0.381. The van der Waals surface area contributed by atoms with Crippen LogP contribution in [0.25, 0.3) is 0 Å². The van der Waals surface area contributed by atoms with Crippen molar-refractivity contribution in [2.24, 2.45) is 5.92 Å². The Morgan fingerprint density at radius 2 is 1.58 bits per heavy atom. The number of rotatable bonds is 4. The molecule has 0 bridgehead atoms. The van der Waals surface area contributed by atoms with Crippen molar-refractivity contribution in [1.82, 2.24) is 4.90 Å². The van der Waals surface area contributed by atoms with E-state index >= 15 is 0 Å². The molecule has 2 aromatic rings. The molecule has 0 saturated carbocycles. The molecule has 24 heavy (non-hydrogen) atoms. The molecule has 2 aromatic carbocycles. The van der Waals surface area contributed by atoms with Gasteiger partial charge < -0.3 is 9.64 Å². The van der Waals surface area contributed by atoms with Crippen LogP contribution in [0.2, 0.25) is 0 Å². The summed E-state index contributed by atoms with van der Waals surface area (Å²) in [5, 5.41) is 0. The predicted molar refractivity (Wildman–Crippen MR) is 93.7 cm³/mol. The molecule has 0 aliphatic carbocycles. The van der Waals surface area contributed by atoms with E-state index in [2.05, 4.69) is 24.3 Å². The smallest absolute Gasteiger partial charge is 0.253 e. The highest BCUT2D eigenvalue weighted by Crippen LogP contribution is 2.43. The molecule has 0 N–H and O–H groups in total. The number of piperidine rings is 1. The average molecular weight is 321 g/mol. The lowest BCUT2D eigenvalue weighted by Gasteiger charge is -2.32. The van der Waals surface area contributed by atoms with Gasteiger partial charge in [0.05, 0.1) is 6.10 Å². The third kappa shape index (κ3) is 3.36. The first kappa shape index (κ1) is 15.4. The van der Waals surface area contributed by atoms with Gasteiger partial charge in [-0.25, -0.2) is 0 Å². The number of likely N-dealkylation sites (tertiary alicyclic amines) is 1. The molecule has 1 amide bonds. The van der Waals surface area contributed by atoms with Crippen molar-refractivity contribution in [3.8, 4) is 0 Å². The summed E-state index contributed by atoms with van der Waals surface area (Å²) in [5.74, 6) is 0.836. The first-order valence-corrected chi connectivity index (χ1v) is 8.86. The maximum absolute atomic E-state index is 12.5. The summed E-state index contributed by atoms with van der Waals surface area (Å²) in [6, 6.07) is 20.1. The summed E-state index contributed by atoms with van der Waals surface area (Å²) in [6.07, 6.45) is 3.94. The van der Waals surface area contributed by atoms with Crippen LogP contribution in [0, 0.1) is 5.92 Å². The number of ether oxygens (including phenoxy) is 1. The summed E-state index contributed by atoms with van der Waals surface area (Å²) in [7, 11) is 0. The molecular formula is C21H23NO2. The van der Waals surface area contributed by atoms with Crippen LogP contribution < -0.4 is 0 Å². The predicted octanol–water partition coefficient (Wildman–Crippen LogP) is 4.07. The van der Waals surface area contributed by atoms with E-state index in [0.29, 0.717) is 12.0 Å². The zero-order valence-corrected chi connectivity index (χ0v) is 13.8. The van der Waals surface area contributed by atoms with Gasteiger partial charge in [0.25, 0.3) is 5.91 Å². The van der Waals surface area contributed by atoms with Gasteiger partial charge in [0.15, 0.2) is 0 Å². The number of hydrogen-bond donors (Lipinski definition) is 0. The minimum Gasteiger partial charge on any atom is -0.364 e. The van der Waals surface area contributed by atoms with Crippen molar-refractivity contribution in [2.45, 2.75) is 31.5 Å². The molecule has 2 aliphatic rings. The van der Waals surface area contributed by atoms with Gasteiger partial charge in [0.1, 0.15) is 6.10 Å². The number of nitrogens with zero attached hydrogens (tertiary/aromatic N) is 1. The molecule has 124 valence electrons. The fourth-order valence-corrected chi connectivity index (χ4v) is 3.72. The lowest BCUT2D eigenvalue weighted by Crippen LogP contribution is -2.38. The van der Waals surface area contributed by atoms with Gasteiger partial charge in [0, 0.05) is 18.7 Å². The van der Waals surface area contributed by atoms with Gasteiger partial charge >= 0.3 is 0 Å². The second kappa shape index (κ2) is 6.78. The Labute approximate surface area is 143 Å². The fourth-order valence-electron chi connectivity index (χ4n) is 3.72. The zero-order valence-electron chi connectivity index (χ0n) is 13.8. The Hall–Kier alpha value is -2.13. The Bertz CT molecular complexity index is 677. The third-order valence-corrected chi connectivity index (χ3v) is 5.20. The quantitative estimate of drug-likeness (QED) is 0.795. The van der Waals surface area contributed by atoms with Gasteiger partial charge in [-0.2, -0.15) is 0 Å². The van der Waals surface area contributed by atoms with Crippen molar-refractivity contribution >= 4 is 5.91 Å². The van der Waals surface area contributed by atoms with Crippen LogP contribution in [0.3, 0.4) is 0 Å². The highest BCUT2D eigenvalue weighted by atomic mass is 16.6. The standard InChI is InChI=1S/C21H23NO2/c23-21(18-9-5-2-6-10-18)22-13-11-16(12-14-22)15-19-20(24-19)17-7-3-1-4-8-17/h1-10,16,19-20H,11-15H2/t19-,20-/m0/s1. The second-order valence-electron chi connectivity index (χ2n) is 6.84. The lowest BCUT2D eigenvalue weighted by atomic mass is 9.90. The van der Waals surface area contributed by atoms with Gasteiger partial charge in [0.2, 0.25) is 0 Å². The van der Waals surface area contributed by atoms with E-state index in [9.17, 15) is 4.79 Å². The van der Waals surface area contributed by atoms with Crippen LogP contribution in [-0.4, -0.2) is 30.0 Å². The number of amides is 1. The first-order chi connectivity index (χ1) is 11.8. The molecule has 0 unspecified atom stereocenters. The highest BCUT2D eigenvalue weighted by Gasteiger charge is 2.41. The zero-order chi connectivity index (χ0) is 16.4. The van der Waals surface area contributed by atoms with Gasteiger partial charge in [-0.05, 0) is 42.9 Å². The molecule has 0 aromatic heterocycles. The maximum atomic E-state index is 12.5. The average Bonchev–Trinajstić information content (AvgIpc) is 3.42. The molecule has 0 spiro atoms. The Morgan fingerprint density at radius 3 is 2.25 bits per heavy atom. The van der Waals surface area contributed by atoms with Crippen molar-refractivity contribution in [3.63, 3.8) is 0 Å². The molecule has 2 fully saturated rings. The van der Waals surface area contributed by atoms with Crippen molar-refractivity contribution in [2.75, 3.05) is 13.1 Å². The monoisotopic (exact) mass is 321 g/mol. The lowest BCUT2D eigenvalue weighted by molar-refractivity contribution is 0.0683. The normalized spacial score (nSPS) is 23.9. The number of benzene rings is 2. The molecule has 2 aliphatic heterocycles. The van der Waals surface area contributed by atoms with E-state index in [-0.39, 0.29) is 12.0 Å². The molecule has 3 nitrogen and oxygen atoms in total. The van der Waals surface area contributed by atoms with Crippen molar-refractivity contribution in [1.29, 1.82) is 0 Å². The molecule has 2 heterocycles. The van der Waals surface area contributed by atoms with E-state index in [1.54, 1.807) is 0 Å². The highest BCUT2D eigenvalue weighted by molar-refractivity contribution is 5.94. The van der Waals surface area contributed by atoms with E-state index in [1.165, 1.54) is 5.56 Å². The minimum atomic E-state index is 0.166. The van der Waals surface area contributed by atoms with E-state index < -0.39 is 0 Å². The molecule has 3 heteroatoms. The largest absolute Gasteiger partial charge is 0.364 e. The van der Waals surface area contributed by atoms with Gasteiger partial charge in [-0.15, -0.1) is 0 Å². The van der Waals surface area contributed by atoms with E-state index in [0.717, 1.165) is 37.9 Å². The third-order valence-electron chi connectivity index (χ3n) is 5.20. The van der Waals surface area contributed by atoms with Crippen molar-refractivity contribution in [3.05, 3.63) is 71.8 Å². The van der Waals surface area contributed by atoms with Gasteiger partial charge in [-0.3, -0.25) is 4.79 Å². The van der Waals surface area contributed by atoms with Crippen LogP contribution >= 0.6 is 0 Å². The number of hydrogen-bond acceptors (Lipinski definition) is 2. The summed E-state index contributed by atoms with van der Waals surface area (Å²) in [4.78, 5) is 14.5. The van der Waals surface area contributed by atoms with Crippen LogP contribution in [0.15, 0.2) is 60.7 Å².